The van der Waals surface area contributed by atoms with E-state index in [9.17, 15) is 9.59 Å². The molecule has 5 rings (SSSR count). The van der Waals surface area contributed by atoms with Crippen LogP contribution in [0, 0.1) is 18.8 Å². The third kappa shape index (κ3) is 4.00. The van der Waals surface area contributed by atoms with Gasteiger partial charge in [0.1, 0.15) is 0 Å². The zero-order chi connectivity index (χ0) is 21.5. The molecular formula is C25H23ClN2O2S. The lowest BCUT2D eigenvalue weighted by Crippen LogP contribution is -2.45. The summed E-state index contributed by atoms with van der Waals surface area (Å²) in [4.78, 5) is 29.1. The van der Waals surface area contributed by atoms with Gasteiger partial charge in [-0.1, -0.05) is 47.5 Å². The molecule has 2 amide bonds. The van der Waals surface area contributed by atoms with Gasteiger partial charge in [-0.3, -0.25) is 9.59 Å². The number of nitrogens with zero attached hydrogens (tertiary/aromatic N) is 1. The van der Waals surface area contributed by atoms with Crippen molar-refractivity contribution < 1.29 is 9.59 Å². The molecule has 0 radical (unpaired) electrons. The van der Waals surface area contributed by atoms with Crippen molar-refractivity contribution in [2.45, 2.75) is 19.4 Å². The SMILES string of the molecule is Cc1ccc(-c2sccc2C(=O)N2CC3C[C@@H]3C2CNC(=O)c2cccc(Cl)c2)cc1. The van der Waals surface area contributed by atoms with Crippen LogP contribution in [0.4, 0.5) is 0 Å². The maximum Gasteiger partial charge on any atom is 0.255 e. The topological polar surface area (TPSA) is 49.4 Å². The Morgan fingerprint density at radius 2 is 1.97 bits per heavy atom. The zero-order valence-electron chi connectivity index (χ0n) is 17.2. The van der Waals surface area contributed by atoms with E-state index in [1.54, 1.807) is 35.6 Å². The van der Waals surface area contributed by atoms with Gasteiger partial charge in [0, 0.05) is 28.6 Å². The summed E-state index contributed by atoms with van der Waals surface area (Å²) in [6.07, 6.45) is 1.13. The molecule has 3 atom stereocenters. The summed E-state index contributed by atoms with van der Waals surface area (Å²) in [5.41, 5.74) is 3.55. The van der Waals surface area contributed by atoms with E-state index in [0.29, 0.717) is 29.0 Å². The van der Waals surface area contributed by atoms with Gasteiger partial charge in [-0.2, -0.15) is 0 Å². The van der Waals surface area contributed by atoms with Gasteiger partial charge in [-0.05, 0) is 60.4 Å². The molecule has 1 aromatic heterocycles. The Bertz CT molecular complexity index is 1140. The predicted octanol–water partition coefficient (Wildman–Crippen LogP) is 5.27. The fraction of sp³-hybridized carbons (Fsp3) is 0.280. The van der Waals surface area contributed by atoms with Crippen molar-refractivity contribution in [3.05, 3.63) is 81.7 Å². The molecule has 2 fully saturated rings. The van der Waals surface area contributed by atoms with Gasteiger partial charge < -0.3 is 10.2 Å². The lowest BCUT2D eigenvalue weighted by atomic mass is 10.1. The second kappa shape index (κ2) is 8.13. The summed E-state index contributed by atoms with van der Waals surface area (Å²) in [6.45, 7) is 3.29. The molecule has 2 aromatic carbocycles. The van der Waals surface area contributed by atoms with E-state index < -0.39 is 0 Å². The summed E-state index contributed by atoms with van der Waals surface area (Å²) >= 11 is 7.61. The number of carbonyl (C=O) groups excluding carboxylic acids is 2. The smallest absolute Gasteiger partial charge is 0.255 e. The van der Waals surface area contributed by atoms with Crippen molar-refractivity contribution in [1.29, 1.82) is 0 Å². The minimum Gasteiger partial charge on any atom is -0.350 e. The summed E-state index contributed by atoms with van der Waals surface area (Å²) < 4.78 is 0. The Hall–Kier alpha value is -2.63. The number of thiophene rings is 1. The maximum atomic E-state index is 13.5. The number of piperidine rings is 1. The first-order valence-electron chi connectivity index (χ1n) is 10.5. The number of likely N-dealkylation sites (tertiary alicyclic amines) is 1. The number of halogens is 1. The summed E-state index contributed by atoms with van der Waals surface area (Å²) in [7, 11) is 0. The number of hydrogen-bond donors (Lipinski definition) is 1. The molecule has 3 aromatic rings. The van der Waals surface area contributed by atoms with E-state index in [1.807, 2.05) is 16.3 Å². The maximum absolute atomic E-state index is 13.5. The van der Waals surface area contributed by atoms with Crippen LogP contribution in [0.2, 0.25) is 5.02 Å². The molecule has 1 saturated carbocycles. The molecular weight excluding hydrogens is 428 g/mol. The van der Waals surface area contributed by atoms with Gasteiger partial charge in [0.15, 0.2) is 0 Å². The Kier molecular flexibility index (Phi) is 5.32. The van der Waals surface area contributed by atoms with Crippen LogP contribution in [0.5, 0.6) is 0 Å². The molecule has 6 heteroatoms. The molecule has 1 saturated heterocycles. The largest absolute Gasteiger partial charge is 0.350 e. The van der Waals surface area contributed by atoms with Gasteiger partial charge in [-0.15, -0.1) is 11.3 Å². The standard InChI is InChI=1S/C25H23ClN2O2S/c1-15-5-7-16(8-6-15)23-20(9-10-31-23)25(30)28-14-18-12-21(18)22(28)13-27-24(29)17-3-2-4-19(26)11-17/h2-11,18,21-22H,12-14H2,1H3,(H,27,29)/t18?,21-,22?/m0/s1. The average molecular weight is 451 g/mol. The summed E-state index contributed by atoms with van der Waals surface area (Å²) in [5, 5.41) is 5.54. The molecule has 0 spiro atoms. The van der Waals surface area contributed by atoms with Crippen molar-refractivity contribution >= 4 is 34.8 Å². The van der Waals surface area contributed by atoms with Gasteiger partial charge in [0.2, 0.25) is 0 Å². The third-order valence-corrected chi connectivity index (χ3v) is 7.53. The van der Waals surface area contributed by atoms with E-state index in [-0.39, 0.29) is 17.9 Å². The van der Waals surface area contributed by atoms with Crippen molar-refractivity contribution in [3.8, 4) is 10.4 Å². The van der Waals surface area contributed by atoms with Gasteiger partial charge in [0.05, 0.1) is 11.6 Å². The zero-order valence-corrected chi connectivity index (χ0v) is 18.7. The quantitative estimate of drug-likeness (QED) is 0.575. The minimum absolute atomic E-state index is 0.0337. The third-order valence-electron chi connectivity index (χ3n) is 6.33. The fourth-order valence-electron chi connectivity index (χ4n) is 4.56. The van der Waals surface area contributed by atoms with Crippen molar-refractivity contribution in [2.75, 3.05) is 13.1 Å². The molecule has 31 heavy (non-hydrogen) atoms. The Morgan fingerprint density at radius 1 is 1.16 bits per heavy atom. The second-order valence-corrected chi connectivity index (χ2v) is 9.79. The lowest BCUT2D eigenvalue weighted by Gasteiger charge is -2.28. The van der Waals surface area contributed by atoms with Crippen LogP contribution in [0.25, 0.3) is 10.4 Å². The molecule has 1 aliphatic carbocycles. The lowest BCUT2D eigenvalue weighted by molar-refractivity contribution is 0.0696. The summed E-state index contributed by atoms with van der Waals surface area (Å²) in [5.74, 6) is 0.935. The number of hydrogen-bond acceptors (Lipinski definition) is 3. The number of nitrogens with one attached hydrogen (secondary N) is 1. The molecule has 1 aliphatic heterocycles. The van der Waals surface area contributed by atoms with Crippen LogP contribution in [0.15, 0.2) is 60.0 Å². The highest BCUT2D eigenvalue weighted by Gasteiger charge is 2.54. The van der Waals surface area contributed by atoms with Gasteiger partial charge >= 0.3 is 0 Å². The normalized spacial score (nSPS) is 21.6. The van der Waals surface area contributed by atoms with E-state index in [1.165, 1.54) is 5.56 Å². The van der Waals surface area contributed by atoms with Crippen molar-refractivity contribution in [1.82, 2.24) is 10.2 Å². The Labute approximate surface area is 190 Å². The van der Waals surface area contributed by atoms with E-state index in [4.69, 9.17) is 11.6 Å². The van der Waals surface area contributed by atoms with E-state index >= 15 is 0 Å². The molecule has 2 aliphatic rings. The summed E-state index contributed by atoms with van der Waals surface area (Å²) in [6, 6.07) is 17.2. The highest BCUT2D eigenvalue weighted by atomic mass is 35.5. The Balaban J connectivity index is 1.32. The highest BCUT2D eigenvalue weighted by molar-refractivity contribution is 7.14. The average Bonchev–Trinajstić information content (AvgIpc) is 3.20. The van der Waals surface area contributed by atoms with E-state index in [0.717, 1.165) is 29.0 Å². The number of amides is 2. The van der Waals surface area contributed by atoms with Crippen LogP contribution in [0.1, 0.15) is 32.7 Å². The monoisotopic (exact) mass is 450 g/mol. The van der Waals surface area contributed by atoms with E-state index in [2.05, 4.69) is 36.5 Å². The van der Waals surface area contributed by atoms with Crippen LogP contribution < -0.4 is 5.32 Å². The van der Waals surface area contributed by atoms with Crippen LogP contribution in [-0.2, 0) is 0 Å². The molecule has 1 N–H and O–H groups in total. The fourth-order valence-corrected chi connectivity index (χ4v) is 5.64. The van der Waals surface area contributed by atoms with Crippen LogP contribution in [0.3, 0.4) is 0 Å². The molecule has 2 unspecified atom stereocenters. The van der Waals surface area contributed by atoms with Crippen LogP contribution in [-0.4, -0.2) is 35.8 Å². The molecule has 2 heterocycles. The minimum atomic E-state index is -0.158. The van der Waals surface area contributed by atoms with Crippen LogP contribution >= 0.6 is 22.9 Å². The number of aryl methyl sites for hydroxylation is 1. The second-order valence-electron chi connectivity index (χ2n) is 8.43. The number of rotatable bonds is 5. The van der Waals surface area contributed by atoms with Crippen molar-refractivity contribution in [3.63, 3.8) is 0 Å². The predicted molar refractivity (Wildman–Crippen MR) is 125 cm³/mol. The number of fused-ring (bicyclic) bond motifs is 1. The molecule has 0 bridgehead atoms. The first-order chi connectivity index (χ1) is 15.0. The highest BCUT2D eigenvalue weighted by Crippen LogP contribution is 2.50. The first-order valence-corrected chi connectivity index (χ1v) is 11.8. The van der Waals surface area contributed by atoms with Crippen molar-refractivity contribution in [2.24, 2.45) is 11.8 Å². The first kappa shape index (κ1) is 20.3. The molecule has 158 valence electrons. The Morgan fingerprint density at radius 3 is 2.74 bits per heavy atom. The molecule has 4 nitrogen and oxygen atoms in total. The van der Waals surface area contributed by atoms with Gasteiger partial charge in [0.25, 0.3) is 11.8 Å². The van der Waals surface area contributed by atoms with Gasteiger partial charge in [-0.25, -0.2) is 0 Å². The number of benzene rings is 2. The number of carbonyl (C=O) groups is 2.